The average Bonchev–Trinajstić information content (AvgIpc) is 4.08. The van der Waals surface area contributed by atoms with Crippen molar-refractivity contribution in [2.24, 2.45) is 0 Å². The van der Waals surface area contributed by atoms with Crippen LogP contribution in [0.2, 0.25) is 0 Å². The van der Waals surface area contributed by atoms with E-state index in [2.05, 4.69) is 66.5 Å². The van der Waals surface area contributed by atoms with Gasteiger partial charge in [-0.3, -0.25) is 9.97 Å². The predicted octanol–water partition coefficient (Wildman–Crippen LogP) is 12.2. The van der Waals surface area contributed by atoms with E-state index in [0.29, 0.717) is 0 Å². The fourth-order valence-corrected chi connectivity index (χ4v) is 5.93. The maximum absolute atomic E-state index is 9.75. The Kier molecular flexibility index (Phi) is 21.7. The van der Waals surface area contributed by atoms with E-state index in [1.807, 2.05) is 97.3 Å². The van der Waals surface area contributed by atoms with Gasteiger partial charge >= 0.3 is 31.6 Å². The van der Waals surface area contributed by atoms with Crippen molar-refractivity contribution in [2.75, 3.05) is 0 Å². The van der Waals surface area contributed by atoms with Gasteiger partial charge in [0, 0.05) is 79.5 Å². The number of fused-ring (bicyclic) bond motifs is 6. The molecule has 70 heavy (non-hydrogen) atoms. The first-order valence-electron chi connectivity index (χ1n) is 19.9. The zero-order valence-electron chi connectivity index (χ0n) is 36.9. The molecule has 13 nitrogen and oxygen atoms in total. The predicted molar refractivity (Wildman–Crippen MR) is 249 cm³/mol. The van der Waals surface area contributed by atoms with Gasteiger partial charge in [0.15, 0.2) is 11.6 Å². The summed E-state index contributed by atoms with van der Waals surface area (Å²) in [5.74, 6) is 1.53. The van der Waals surface area contributed by atoms with Gasteiger partial charge in [0.05, 0.1) is 63.1 Å². The Morgan fingerprint density at radius 3 is 1.00 bits per heavy atom. The minimum absolute atomic E-state index is 0. The topological polar surface area (TPSA) is 184 Å². The molecule has 0 atom stereocenters. The summed E-state index contributed by atoms with van der Waals surface area (Å²) in [4.78, 5) is 28.1. The van der Waals surface area contributed by atoms with Gasteiger partial charge in [-0.05, 0) is 60.7 Å². The normalized spacial score (nSPS) is 10.1. The molecule has 0 N–H and O–H groups in total. The Balaban J connectivity index is 0.000000270. The van der Waals surface area contributed by atoms with Crippen molar-refractivity contribution in [2.45, 2.75) is 20.8 Å². The van der Waals surface area contributed by atoms with E-state index < -0.39 is 14.5 Å². The molecule has 8 heterocycles. The van der Waals surface area contributed by atoms with Gasteiger partial charge in [0.25, 0.3) is 0 Å². The standard InChI is InChI=1S/2C20H13N5.3C2H3N.2BF4.Fe/c2*1-5-16(23-18(6-1)25-13-3-12-22-25)17-10-9-15-8-7-14-4-2-11-21-19(14)20(15)24-17;3*1-2-3;2*2-1(3,4)5;/h2*1-13H;3*1H3;;;/q;;;;;2*-1;+2. The molecule has 0 amide bonds. The summed E-state index contributed by atoms with van der Waals surface area (Å²) in [6, 6.07) is 45.1. The van der Waals surface area contributed by atoms with Crippen LogP contribution in [0.3, 0.4) is 0 Å². The van der Waals surface area contributed by atoms with Crippen LogP contribution in [-0.2, 0) is 17.1 Å². The first-order valence-corrected chi connectivity index (χ1v) is 19.9. The van der Waals surface area contributed by atoms with E-state index >= 15 is 0 Å². The van der Waals surface area contributed by atoms with Gasteiger partial charge in [0.1, 0.15) is 0 Å². The van der Waals surface area contributed by atoms with E-state index in [-0.39, 0.29) is 17.1 Å². The molecule has 0 radical (unpaired) electrons. The minimum Gasteiger partial charge on any atom is -0.418 e. The maximum atomic E-state index is 9.75. The third-order valence-corrected chi connectivity index (χ3v) is 8.34. The number of nitrogens with zero attached hydrogens (tertiary/aromatic N) is 13. The Morgan fingerprint density at radius 2 is 0.686 bits per heavy atom. The van der Waals surface area contributed by atoms with Crippen LogP contribution in [0.15, 0.2) is 159 Å². The number of pyridine rings is 6. The Bertz CT molecular complexity index is 3100. The summed E-state index contributed by atoms with van der Waals surface area (Å²) < 4.78 is 81.5. The summed E-state index contributed by atoms with van der Waals surface area (Å²) in [5.41, 5.74) is 6.85. The Labute approximate surface area is 405 Å². The minimum atomic E-state index is -6.00. The van der Waals surface area contributed by atoms with Crippen LogP contribution >= 0.6 is 0 Å². The molecule has 0 fully saturated rings. The number of aromatic nitrogens is 10. The van der Waals surface area contributed by atoms with Crippen molar-refractivity contribution in [3.05, 3.63) is 159 Å². The molecule has 0 saturated carbocycles. The molecule has 0 spiro atoms. The first-order chi connectivity index (χ1) is 33.0. The van der Waals surface area contributed by atoms with Crippen LogP contribution in [0.1, 0.15) is 20.8 Å². The fourth-order valence-electron chi connectivity index (χ4n) is 5.93. The van der Waals surface area contributed by atoms with Crippen molar-refractivity contribution in [1.29, 1.82) is 15.8 Å². The van der Waals surface area contributed by atoms with Crippen molar-refractivity contribution >= 4 is 58.1 Å². The molecule has 354 valence electrons. The number of hydrogen-bond donors (Lipinski definition) is 0. The molecule has 0 aliphatic carbocycles. The van der Waals surface area contributed by atoms with Crippen molar-refractivity contribution < 1.29 is 51.6 Å². The zero-order valence-corrected chi connectivity index (χ0v) is 38.0. The fraction of sp³-hybridized carbons (Fsp3) is 0.0652. The van der Waals surface area contributed by atoms with Gasteiger partial charge in [0.2, 0.25) is 0 Å². The van der Waals surface area contributed by atoms with Gasteiger partial charge in [-0.15, -0.1) is 0 Å². The number of benzene rings is 2. The molecular formula is C46H35B2F8FeN13. The molecule has 2 aromatic carbocycles. The van der Waals surface area contributed by atoms with Crippen molar-refractivity contribution in [1.82, 2.24) is 49.5 Å². The van der Waals surface area contributed by atoms with Gasteiger partial charge in [-0.1, -0.05) is 60.7 Å². The second kappa shape index (κ2) is 27.2. The number of nitriles is 3. The van der Waals surface area contributed by atoms with E-state index in [9.17, 15) is 34.5 Å². The molecule has 0 aliphatic heterocycles. The average molecular weight is 999 g/mol. The van der Waals surface area contributed by atoms with Gasteiger partial charge in [-0.25, -0.2) is 29.3 Å². The summed E-state index contributed by atoms with van der Waals surface area (Å²) in [5, 5.41) is 34.7. The molecule has 10 aromatic rings. The van der Waals surface area contributed by atoms with E-state index in [4.69, 9.17) is 25.8 Å². The van der Waals surface area contributed by atoms with Crippen LogP contribution in [0.5, 0.6) is 0 Å². The molecule has 0 aliphatic rings. The third kappa shape index (κ3) is 17.5. The van der Waals surface area contributed by atoms with Crippen LogP contribution in [-0.4, -0.2) is 64.0 Å². The van der Waals surface area contributed by atoms with E-state index in [0.717, 1.165) is 78.0 Å². The zero-order chi connectivity index (χ0) is 50.4. The third-order valence-electron chi connectivity index (χ3n) is 8.34. The Morgan fingerprint density at radius 1 is 0.386 bits per heavy atom. The monoisotopic (exact) mass is 999 g/mol. The second-order valence-electron chi connectivity index (χ2n) is 13.1. The van der Waals surface area contributed by atoms with Crippen molar-refractivity contribution in [3.8, 4) is 52.6 Å². The summed E-state index contributed by atoms with van der Waals surface area (Å²) in [6.07, 6.45) is 10.8. The van der Waals surface area contributed by atoms with Gasteiger partial charge < -0.3 is 34.5 Å². The molecule has 0 unspecified atom stereocenters. The number of halogens is 8. The quantitative estimate of drug-likeness (QED) is 0.0928. The molecule has 8 aromatic heterocycles. The van der Waals surface area contributed by atoms with Crippen LogP contribution in [0.25, 0.3) is 78.0 Å². The maximum Gasteiger partial charge on any atom is 2.00 e. The second-order valence-corrected chi connectivity index (χ2v) is 13.1. The van der Waals surface area contributed by atoms with Crippen LogP contribution in [0, 0.1) is 34.0 Å². The molecular weight excluding hydrogens is 964 g/mol. The Hall–Kier alpha value is -8.64. The van der Waals surface area contributed by atoms with Gasteiger partial charge in [-0.2, -0.15) is 26.0 Å². The summed E-state index contributed by atoms with van der Waals surface area (Å²) in [6.45, 7) is 4.29. The SMILES string of the molecule is CC#N.CC#N.CC#N.F[B-](F)(F)F.F[B-](F)(F)F.[Fe+2].c1cc(-c2ccc3ccc4cccnc4c3n2)nc(-n2cccn2)c1.c1cc(-c2ccc3ccc4cccnc4c3n2)nc(-n2cccn2)c1. The van der Waals surface area contributed by atoms with E-state index in [1.165, 1.54) is 20.8 Å². The van der Waals surface area contributed by atoms with Crippen molar-refractivity contribution in [3.63, 3.8) is 0 Å². The van der Waals surface area contributed by atoms with E-state index in [1.54, 1.807) is 52.4 Å². The molecule has 0 saturated heterocycles. The summed E-state index contributed by atoms with van der Waals surface area (Å²) in [7, 11) is -12.0. The molecule has 10 rings (SSSR count). The number of hydrogen-bond acceptors (Lipinski definition) is 11. The smallest absolute Gasteiger partial charge is 0.418 e. The molecule has 24 heteroatoms. The summed E-state index contributed by atoms with van der Waals surface area (Å²) >= 11 is 0. The first kappa shape index (κ1) is 55.7. The van der Waals surface area contributed by atoms with Crippen LogP contribution < -0.4 is 0 Å². The number of rotatable bonds is 4. The largest absolute Gasteiger partial charge is 2.00 e. The van der Waals surface area contributed by atoms with Crippen LogP contribution in [0.4, 0.5) is 34.5 Å². The molecule has 0 bridgehead atoms.